The summed E-state index contributed by atoms with van der Waals surface area (Å²) in [5.74, 6) is -1.78. The normalized spacial score (nSPS) is 9.85. The molecule has 7 nitrogen and oxygen atoms in total. The molecule has 0 bridgehead atoms. The molecule has 0 aliphatic carbocycles. The summed E-state index contributed by atoms with van der Waals surface area (Å²) in [6.45, 7) is 1.50. The summed E-state index contributed by atoms with van der Waals surface area (Å²) < 4.78 is 4.65. The van der Waals surface area contributed by atoms with Gasteiger partial charge < -0.3 is 20.5 Å². The van der Waals surface area contributed by atoms with E-state index < -0.39 is 18.5 Å². The lowest BCUT2D eigenvalue weighted by molar-refractivity contribution is -0.143. The molecule has 0 saturated carbocycles. The van der Waals surface area contributed by atoms with Crippen molar-refractivity contribution in [1.29, 1.82) is 0 Å². The molecule has 108 valence electrons. The Bertz CT molecular complexity index is 484. The van der Waals surface area contributed by atoms with Crippen LogP contribution < -0.4 is 10.6 Å². The van der Waals surface area contributed by atoms with E-state index in [1.807, 2.05) is 6.92 Å². The van der Waals surface area contributed by atoms with E-state index in [2.05, 4.69) is 15.4 Å². The Morgan fingerprint density at radius 2 is 1.80 bits per heavy atom. The molecule has 1 rings (SSSR count). The second-order valence-corrected chi connectivity index (χ2v) is 3.87. The number of rotatable bonds is 7. The van der Waals surface area contributed by atoms with Crippen molar-refractivity contribution in [2.45, 2.75) is 6.92 Å². The molecule has 0 radical (unpaired) electrons. The van der Waals surface area contributed by atoms with Crippen LogP contribution in [-0.2, 0) is 14.3 Å². The number of nitrogens with one attached hydrogen (secondary N) is 2. The lowest BCUT2D eigenvalue weighted by Gasteiger charge is -2.06. The number of carboxylic acid groups (broad SMARTS) is 1. The van der Waals surface area contributed by atoms with E-state index >= 15 is 0 Å². The summed E-state index contributed by atoms with van der Waals surface area (Å²) in [7, 11) is 0. The Hall–Kier alpha value is -2.41. The maximum absolute atomic E-state index is 11.5. The first kappa shape index (κ1) is 15.6. The lowest BCUT2D eigenvalue weighted by atomic mass is 10.2. The molecule has 0 aromatic heterocycles. The van der Waals surface area contributed by atoms with Crippen molar-refractivity contribution < 1.29 is 24.2 Å². The van der Waals surface area contributed by atoms with Gasteiger partial charge in [0.05, 0.1) is 0 Å². The predicted octanol–water partition coefficient (Wildman–Crippen LogP) is 0.476. The monoisotopic (exact) mass is 280 g/mol. The Morgan fingerprint density at radius 3 is 2.35 bits per heavy atom. The minimum absolute atomic E-state index is 0.185. The summed E-state index contributed by atoms with van der Waals surface area (Å²) in [6.07, 6.45) is 0. The number of anilines is 1. The highest BCUT2D eigenvalue weighted by atomic mass is 16.5. The molecule has 0 spiro atoms. The molecular weight excluding hydrogens is 264 g/mol. The van der Waals surface area contributed by atoms with Crippen molar-refractivity contribution in [1.82, 2.24) is 5.32 Å². The van der Waals surface area contributed by atoms with Crippen LogP contribution in [0.15, 0.2) is 24.3 Å². The smallest absolute Gasteiger partial charge is 0.329 e. The van der Waals surface area contributed by atoms with Gasteiger partial charge in [0.25, 0.3) is 5.91 Å². The van der Waals surface area contributed by atoms with Crippen molar-refractivity contribution in [2.24, 2.45) is 0 Å². The molecule has 7 heteroatoms. The van der Waals surface area contributed by atoms with Crippen LogP contribution in [0.1, 0.15) is 17.3 Å². The third-order valence-corrected chi connectivity index (χ3v) is 2.23. The third kappa shape index (κ3) is 5.49. The second-order valence-electron chi connectivity index (χ2n) is 3.87. The van der Waals surface area contributed by atoms with E-state index in [-0.39, 0.29) is 12.5 Å². The van der Waals surface area contributed by atoms with Crippen LogP contribution >= 0.6 is 0 Å². The van der Waals surface area contributed by atoms with Crippen molar-refractivity contribution in [2.75, 3.05) is 25.1 Å². The molecule has 0 aliphatic rings. The molecule has 0 unspecified atom stereocenters. The molecule has 0 saturated heterocycles. The highest BCUT2D eigenvalue weighted by Crippen LogP contribution is 2.09. The number of hydrogen-bond donors (Lipinski definition) is 3. The highest BCUT2D eigenvalue weighted by Gasteiger charge is 2.06. The summed E-state index contributed by atoms with van der Waals surface area (Å²) >= 11 is 0. The van der Waals surface area contributed by atoms with Crippen molar-refractivity contribution in [3.05, 3.63) is 29.8 Å². The average Bonchev–Trinajstić information content (AvgIpc) is 2.39. The zero-order valence-electron chi connectivity index (χ0n) is 11.0. The van der Waals surface area contributed by atoms with Crippen LogP contribution in [0.25, 0.3) is 0 Å². The van der Waals surface area contributed by atoms with E-state index in [0.29, 0.717) is 17.8 Å². The lowest BCUT2D eigenvalue weighted by Crippen LogP contribution is -2.23. The van der Waals surface area contributed by atoms with Gasteiger partial charge in [-0.1, -0.05) is 0 Å². The van der Waals surface area contributed by atoms with E-state index in [4.69, 9.17) is 5.11 Å². The van der Waals surface area contributed by atoms with Gasteiger partial charge in [0, 0.05) is 17.8 Å². The number of ether oxygens (including phenoxy) is 1. The zero-order valence-corrected chi connectivity index (χ0v) is 11.0. The minimum atomic E-state index is -1.14. The number of hydrogen-bond acceptors (Lipinski definition) is 4. The van der Waals surface area contributed by atoms with Crippen LogP contribution in [0, 0.1) is 0 Å². The third-order valence-electron chi connectivity index (χ3n) is 2.23. The van der Waals surface area contributed by atoms with Gasteiger partial charge in [-0.05, 0) is 31.2 Å². The molecule has 0 aliphatic heterocycles. The Balaban J connectivity index is 2.46. The first-order valence-electron chi connectivity index (χ1n) is 6.00. The quantitative estimate of drug-likeness (QED) is 0.673. The summed E-state index contributed by atoms with van der Waals surface area (Å²) in [6, 6.07) is 6.33. The number of carbonyl (C=O) groups excluding carboxylic acids is 2. The fraction of sp³-hybridized carbons (Fsp3) is 0.308. The molecule has 0 heterocycles. The first-order chi connectivity index (χ1) is 9.52. The number of benzene rings is 1. The van der Waals surface area contributed by atoms with Crippen molar-refractivity contribution in [3.63, 3.8) is 0 Å². The van der Waals surface area contributed by atoms with Gasteiger partial charge in [-0.3, -0.25) is 9.59 Å². The molecule has 3 N–H and O–H groups in total. The van der Waals surface area contributed by atoms with E-state index in [9.17, 15) is 14.4 Å². The molecule has 2 amide bonds. The summed E-state index contributed by atoms with van der Waals surface area (Å²) in [4.78, 5) is 33.1. The van der Waals surface area contributed by atoms with Crippen LogP contribution in [0.3, 0.4) is 0 Å². The summed E-state index contributed by atoms with van der Waals surface area (Å²) in [5.41, 5.74) is 0.994. The van der Waals surface area contributed by atoms with Crippen LogP contribution in [0.5, 0.6) is 0 Å². The maximum atomic E-state index is 11.5. The van der Waals surface area contributed by atoms with E-state index in [1.165, 1.54) is 0 Å². The van der Waals surface area contributed by atoms with Crippen molar-refractivity contribution >= 4 is 23.5 Å². The maximum Gasteiger partial charge on any atom is 0.329 e. The van der Waals surface area contributed by atoms with Crippen LogP contribution in [0.4, 0.5) is 5.69 Å². The van der Waals surface area contributed by atoms with Gasteiger partial charge in [-0.15, -0.1) is 0 Å². The Morgan fingerprint density at radius 1 is 1.15 bits per heavy atom. The van der Waals surface area contributed by atoms with Gasteiger partial charge in [-0.2, -0.15) is 0 Å². The van der Waals surface area contributed by atoms with E-state index in [1.54, 1.807) is 24.3 Å². The first-order valence-corrected chi connectivity index (χ1v) is 6.00. The molecule has 1 aromatic rings. The average molecular weight is 280 g/mol. The molecule has 0 fully saturated rings. The second kappa shape index (κ2) is 7.90. The minimum Gasteiger partial charge on any atom is -0.480 e. The van der Waals surface area contributed by atoms with Gasteiger partial charge in [0.15, 0.2) is 0 Å². The van der Waals surface area contributed by atoms with Gasteiger partial charge in [0.1, 0.15) is 13.2 Å². The Kier molecular flexibility index (Phi) is 6.18. The fourth-order valence-corrected chi connectivity index (χ4v) is 1.40. The topological polar surface area (TPSA) is 105 Å². The van der Waals surface area contributed by atoms with E-state index in [0.717, 1.165) is 0 Å². The number of amides is 2. The van der Waals surface area contributed by atoms with Gasteiger partial charge >= 0.3 is 5.97 Å². The zero-order chi connectivity index (χ0) is 15.0. The predicted molar refractivity (Wildman–Crippen MR) is 71.5 cm³/mol. The SMILES string of the molecule is CCNC(=O)c1ccc(NC(=O)COCC(=O)O)cc1. The molecule has 0 atom stereocenters. The number of carbonyl (C=O) groups is 3. The largest absolute Gasteiger partial charge is 0.480 e. The fourth-order valence-electron chi connectivity index (χ4n) is 1.40. The number of aliphatic carboxylic acids is 1. The summed E-state index contributed by atoms with van der Waals surface area (Å²) in [5, 5.41) is 13.5. The van der Waals surface area contributed by atoms with Crippen LogP contribution in [-0.4, -0.2) is 42.6 Å². The molecular formula is C13H16N2O5. The van der Waals surface area contributed by atoms with Crippen molar-refractivity contribution in [3.8, 4) is 0 Å². The Labute approximate surface area is 115 Å². The standard InChI is InChI=1S/C13H16N2O5/c1-2-14-13(19)9-3-5-10(6-4-9)15-11(16)7-20-8-12(17)18/h3-6H,2,7-8H2,1H3,(H,14,19)(H,15,16)(H,17,18). The molecule has 1 aromatic carbocycles. The molecule has 20 heavy (non-hydrogen) atoms. The van der Waals surface area contributed by atoms with Gasteiger partial charge in [-0.25, -0.2) is 4.79 Å². The van der Waals surface area contributed by atoms with Gasteiger partial charge in [0.2, 0.25) is 5.91 Å². The van der Waals surface area contributed by atoms with Crippen LogP contribution in [0.2, 0.25) is 0 Å². The number of carboxylic acids is 1. The highest BCUT2D eigenvalue weighted by molar-refractivity contribution is 5.96.